The van der Waals surface area contributed by atoms with E-state index in [0.29, 0.717) is 35.8 Å². The Balaban J connectivity index is 1.77. The van der Waals surface area contributed by atoms with E-state index < -0.39 is 16.1 Å². The van der Waals surface area contributed by atoms with E-state index in [2.05, 4.69) is 5.32 Å². The Morgan fingerprint density at radius 2 is 1.92 bits per heavy atom. The summed E-state index contributed by atoms with van der Waals surface area (Å²) < 4.78 is 35.8. The van der Waals surface area contributed by atoms with E-state index in [9.17, 15) is 13.2 Å². The molecule has 0 unspecified atom stereocenters. The van der Waals surface area contributed by atoms with E-state index in [1.165, 1.54) is 11.4 Å². The first-order valence-electron chi connectivity index (χ1n) is 7.72. The molecule has 2 aromatic carbocycles. The van der Waals surface area contributed by atoms with E-state index in [4.69, 9.17) is 9.47 Å². The number of sulfonamides is 1. The Morgan fingerprint density at radius 1 is 1.16 bits per heavy atom. The van der Waals surface area contributed by atoms with E-state index >= 15 is 0 Å². The van der Waals surface area contributed by atoms with Crippen LogP contribution < -0.4 is 19.1 Å². The van der Waals surface area contributed by atoms with Crippen molar-refractivity contribution >= 4 is 27.5 Å². The molecule has 132 valence electrons. The van der Waals surface area contributed by atoms with Gasteiger partial charge in [-0.1, -0.05) is 18.2 Å². The second-order valence-corrected chi connectivity index (χ2v) is 7.47. The summed E-state index contributed by atoms with van der Waals surface area (Å²) in [6, 6.07) is 13.5. The number of benzene rings is 2. The summed E-state index contributed by atoms with van der Waals surface area (Å²) >= 11 is 0. The number of para-hydroxylation sites is 1. The molecule has 1 aliphatic heterocycles. The summed E-state index contributed by atoms with van der Waals surface area (Å²) in [6.45, 7) is 0.439. The van der Waals surface area contributed by atoms with Crippen LogP contribution in [0, 0.1) is 0 Å². The van der Waals surface area contributed by atoms with Gasteiger partial charge in [0, 0.05) is 12.6 Å². The predicted molar refractivity (Wildman–Crippen MR) is 94.8 cm³/mol. The standard InChI is InChI=1S/C17H18N2O5S/c1-23-16-12-13(19-10-5-11-25(19,21)22)8-9-15(16)18-17(20)24-14-6-3-2-4-7-14/h2-4,6-9,12H,5,10-11H2,1H3,(H,18,20). The lowest BCUT2D eigenvalue weighted by atomic mass is 10.2. The first-order valence-corrected chi connectivity index (χ1v) is 9.33. The van der Waals surface area contributed by atoms with Gasteiger partial charge in [-0.25, -0.2) is 13.2 Å². The number of anilines is 2. The van der Waals surface area contributed by atoms with Crippen LogP contribution >= 0.6 is 0 Å². The van der Waals surface area contributed by atoms with Gasteiger partial charge in [0.2, 0.25) is 10.0 Å². The molecule has 1 fully saturated rings. The Morgan fingerprint density at radius 3 is 2.56 bits per heavy atom. The Kier molecular flexibility index (Phi) is 4.80. The SMILES string of the molecule is COc1cc(N2CCCS2(=O)=O)ccc1NC(=O)Oc1ccccc1. The lowest BCUT2D eigenvalue weighted by Gasteiger charge is -2.19. The molecular weight excluding hydrogens is 344 g/mol. The van der Waals surface area contributed by atoms with E-state index in [1.807, 2.05) is 6.07 Å². The smallest absolute Gasteiger partial charge is 0.417 e. The molecule has 1 amide bonds. The molecule has 25 heavy (non-hydrogen) atoms. The molecule has 3 rings (SSSR count). The quantitative estimate of drug-likeness (QED) is 0.904. The topological polar surface area (TPSA) is 84.9 Å². The number of methoxy groups -OCH3 is 1. The molecule has 0 spiro atoms. The zero-order valence-electron chi connectivity index (χ0n) is 13.6. The van der Waals surface area contributed by atoms with Gasteiger partial charge in [0.25, 0.3) is 0 Å². The van der Waals surface area contributed by atoms with Crippen LogP contribution in [0.15, 0.2) is 48.5 Å². The largest absolute Gasteiger partial charge is 0.494 e. The summed E-state index contributed by atoms with van der Waals surface area (Å²) in [5.74, 6) is 0.905. The fourth-order valence-electron chi connectivity index (χ4n) is 2.60. The minimum absolute atomic E-state index is 0.138. The molecule has 8 heteroatoms. The summed E-state index contributed by atoms with van der Waals surface area (Å²) in [5.41, 5.74) is 0.903. The average molecular weight is 362 g/mol. The van der Waals surface area contributed by atoms with Crippen molar-refractivity contribution in [3.8, 4) is 11.5 Å². The monoisotopic (exact) mass is 362 g/mol. The zero-order valence-corrected chi connectivity index (χ0v) is 14.5. The van der Waals surface area contributed by atoms with E-state index in [0.717, 1.165) is 0 Å². The van der Waals surface area contributed by atoms with Crippen molar-refractivity contribution in [2.75, 3.05) is 29.0 Å². The number of carbonyl (C=O) groups excluding carboxylic acids is 1. The maximum Gasteiger partial charge on any atom is 0.417 e. The van der Waals surface area contributed by atoms with E-state index in [-0.39, 0.29) is 5.75 Å². The van der Waals surface area contributed by atoms with Crippen LogP contribution in [0.5, 0.6) is 11.5 Å². The normalized spacial score (nSPS) is 15.6. The highest BCUT2D eigenvalue weighted by molar-refractivity contribution is 7.93. The van der Waals surface area contributed by atoms with Gasteiger partial charge in [-0.3, -0.25) is 9.62 Å². The second-order valence-electron chi connectivity index (χ2n) is 5.45. The molecule has 0 aromatic heterocycles. The van der Waals surface area contributed by atoms with Crippen LogP contribution in [0.25, 0.3) is 0 Å². The minimum atomic E-state index is -3.28. The van der Waals surface area contributed by atoms with Gasteiger partial charge in [0.1, 0.15) is 11.5 Å². The third-order valence-corrected chi connectivity index (χ3v) is 5.63. The Bertz CT molecular complexity index is 868. The van der Waals surface area contributed by atoms with Crippen molar-refractivity contribution in [3.05, 3.63) is 48.5 Å². The second kappa shape index (κ2) is 7.02. The summed E-state index contributed by atoms with van der Waals surface area (Å²) in [7, 11) is -1.83. The summed E-state index contributed by atoms with van der Waals surface area (Å²) in [6.07, 6.45) is -0.0697. The van der Waals surface area contributed by atoms with Crippen molar-refractivity contribution in [3.63, 3.8) is 0 Å². The molecular formula is C17H18N2O5S. The van der Waals surface area contributed by atoms with Crippen LogP contribution in [0.4, 0.5) is 16.2 Å². The molecule has 0 aliphatic carbocycles. The van der Waals surface area contributed by atoms with Gasteiger partial charge < -0.3 is 9.47 Å². The third kappa shape index (κ3) is 3.85. The number of ether oxygens (including phenoxy) is 2. The number of nitrogens with one attached hydrogen (secondary N) is 1. The van der Waals surface area contributed by atoms with Crippen LogP contribution in [0.3, 0.4) is 0 Å². The fraction of sp³-hybridized carbons (Fsp3) is 0.235. The third-order valence-electron chi connectivity index (χ3n) is 3.76. The number of nitrogens with zero attached hydrogens (tertiary/aromatic N) is 1. The molecule has 7 nitrogen and oxygen atoms in total. The van der Waals surface area contributed by atoms with Crippen molar-refractivity contribution < 1.29 is 22.7 Å². The lowest BCUT2D eigenvalue weighted by Crippen LogP contribution is -2.25. The number of rotatable bonds is 4. The molecule has 0 atom stereocenters. The molecule has 0 bridgehead atoms. The molecule has 0 saturated carbocycles. The van der Waals surface area contributed by atoms with Crippen LogP contribution in [0.2, 0.25) is 0 Å². The Hall–Kier alpha value is -2.74. The first-order chi connectivity index (χ1) is 12.0. The number of amides is 1. The van der Waals surface area contributed by atoms with Gasteiger partial charge in [0.05, 0.1) is 24.2 Å². The van der Waals surface area contributed by atoms with Gasteiger partial charge >= 0.3 is 6.09 Å². The molecule has 1 N–H and O–H groups in total. The molecule has 0 radical (unpaired) electrons. The molecule has 1 saturated heterocycles. The van der Waals surface area contributed by atoms with E-state index in [1.54, 1.807) is 42.5 Å². The summed E-state index contributed by atoms with van der Waals surface area (Å²) in [5, 5.41) is 2.59. The van der Waals surface area contributed by atoms with Crippen molar-refractivity contribution in [1.82, 2.24) is 0 Å². The van der Waals surface area contributed by atoms with Crippen molar-refractivity contribution in [1.29, 1.82) is 0 Å². The van der Waals surface area contributed by atoms with Gasteiger partial charge in [-0.2, -0.15) is 0 Å². The highest BCUT2D eigenvalue weighted by atomic mass is 32.2. The average Bonchev–Trinajstić information content (AvgIpc) is 2.95. The fourth-order valence-corrected chi connectivity index (χ4v) is 4.16. The van der Waals surface area contributed by atoms with Gasteiger partial charge in [-0.05, 0) is 30.7 Å². The Labute approximate surface area is 146 Å². The lowest BCUT2D eigenvalue weighted by molar-refractivity contribution is 0.215. The first kappa shape index (κ1) is 17.1. The number of hydrogen-bond donors (Lipinski definition) is 1. The van der Waals surface area contributed by atoms with Gasteiger partial charge in [-0.15, -0.1) is 0 Å². The van der Waals surface area contributed by atoms with Gasteiger partial charge in [0.15, 0.2) is 0 Å². The zero-order chi connectivity index (χ0) is 17.9. The van der Waals surface area contributed by atoms with Crippen LogP contribution in [0.1, 0.15) is 6.42 Å². The maximum absolute atomic E-state index is 12.0. The maximum atomic E-state index is 12.0. The molecule has 1 heterocycles. The molecule has 1 aliphatic rings. The highest BCUT2D eigenvalue weighted by Crippen LogP contribution is 2.33. The molecule has 2 aromatic rings. The van der Waals surface area contributed by atoms with Crippen molar-refractivity contribution in [2.24, 2.45) is 0 Å². The van der Waals surface area contributed by atoms with Crippen LogP contribution in [-0.4, -0.2) is 33.9 Å². The number of carbonyl (C=O) groups is 1. The van der Waals surface area contributed by atoms with Crippen molar-refractivity contribution in [2.45, 2.75) is 6.42 Å². The minimum Gasteiger partial charge on any atom is -0.494 e. The predicted octanol–water partition coefficient (Wildman–Crippen LogP) is 2.85. The summed E-state index contributed by atoms with van der Waals surface area (Å²) in [4.78, 5) is 12.0. The van der Waals surface area contributed by atoms with Crippen LogP contribution in [-0.2, 0) is 10.0 Å². The highest BCUT2D eigenvalue weighted by Gasteiger charge is 2.29. The number of hydrogen-bond acceptors (Lipinski definition) is 5.